The van der Waals surface area contributed by atoms with Gasteiger partial charge in [-0.25, -0.2) is 4.98 Å². The topological polar surface area (TPSA) is 41.4 Å². The molecule has 1 fully saturated rings. The Morgan fingerprint density at radius 3 is 2.50 bits per heavy atom. The molecule has 1 amide bonds. The summed E-state index contributed by atoms with van der Waals surface area (Å²) in [5.74, 6) is 0.969. The van der Waals surface area contributed by atoms with E-state index >= 15 is 0 Å². The van der Waals surface area contributed by atoms with Gasteiger partial charge in [-0.15, -0.1) is 12.4 Å². The van der Waals surface area contributed by atoms with Gasteiger partial charge < -0.3 is 9.80 Å². The van der Waals surface area contributed by atoms with Gasteiger partial charge in [-0.1, -0.05) is 29.8 Å². The molecule has 8 heteroatoms. The second kappa shape index (κ2) is 9.15. The molecule has 0 aliphatic carbocycles. The molecular formula is C20H19Cl2IN4O. The number of benzene rings is 2. The number of hydrogen-bond acceptors (Lipinski definition) is 3. The molecular weight excluding hydrogens is 510 g/mol. The summed E-state index contributed by atoms with van der Waals surface area (Å²) in [6.45, 7) is 2.83. The fraction of sp³-hybridized carbons (Fsp3) is 0.200. The summed E-state index contributed by atoms with van der Waals surface area (Å²) in [6, 6.07) is 15.4. The third-order valence-electron chi connectivity index (χ3n) is 4.66. The molecule has 28 heavy (non-hydrogen) atoms. The fourth-order valence-electron chi connectivity index (χ4n) is 3.27. The fourth-order valence-corrected chi connectivity index (χ4v) is 4.07. The van der Waals surface area contributed by atoms with Gasteiger partial charge in [-0.3, -0.25) is 9.36 Å². The Bertz CT molecular complexity index is 970. The highest BCUT2D eigenvalue weighted by Gasteiger charge is 2.25. The maximum atomic E-state index is 12.8. The second-order valence-corrected chi connectivity index (χ2v) is 7.93. The molecule has 4 rings (SSSR count). The van der Waals surface area contributed by atoms with Gasteiger partial charge in [0.15, 0.2) is 0 Å². The van der Waals surface area contributed by atoms with Gasteiger partial charge >= 0.3 is 0 Å². The van der Waals surface area contributed by atoms with Crippen LogP contribution >= 0.6 is 46.6 Å². The summed E-state index contributed by atoms with van der Waals surface area (Å²) in [5, 5.41) is 0.694. The van der Waals surface area contributed by atoms with Crippen molar-refractivity contribution in [3.05, 3.63) is 75.1 Å². The summed E-state index contributed by atoms with van der Waals surface area (Å²) < 4.78 is 3.02. The van der Waals surface area contributed by atoms with Gasteiger partial charge in [0.2, 0.25) is 5.95 Å². The van der Waals surface area contributed by atoms with Crippen molar-refractivity contribution in [3.63, 3.8) is 0 Å². The molecule has 0 spiro atoms. The number of nitrogens with zero attached hydrogens (tertiary/aromatic N) is 4. The van der Waals surface area contributed by atoms with Crippen molar-refractivity contribution < 1.29 is 4.79 Å². The molecule has 0 N–H and O–H groups in total. The summed E-state index contributed by atoms with van der Waals surface area (Å²) in [4.78, 5) is 21.5. The number of hydrogen-bond donors (Lipinski definition) is 0. The van der Waals surface area contributed by atoms with Gasteiger partial charge in [0.1, 0.15) is 0 Å². The molecule has 0 atom stereocenters. The van der Waals surface area contributed by atoms with Crippen LogP contribution in [0.15, 0.2) is 60.9 Å². The quantitative estimate of drug-likeness (QED) is 0.469. The Balaban J connectivity index is 0.00000225. The second-order valence-electron chi connectivity index (χ2n) is 6.34. The molecule has 2 aromatic carbocycles. The number of aromatic nitrogens is 2. The lowest BCUT2D eigenvalue weighted by molar-refractivity contribution is 0.0745. The van der Waals surface area contributed by atoms with Crippen LogP contribution in [0.25, 0.3) is 5.69 Å². The molecule has 2 heterocycles. The lowest BCUT2D eigenvalue weighted by atomic mass is 10.2. The Hall–Kier alpha value is -1.77. The highest BCUT2D eigenvalue weighted by atomic mass is 127. The number of rotatable bonds is 3. The zero-order valence-corrected chi connectivity index (χ0v) is 18.7. The van der Waals surface area contributed by atoms with Crippen LogP contribution in [0.3, 0.4) is 0 Å². The maximum Gasteiger partial charge on any atom is 0.255 e. The van der Waals surface area contributed by atoms with E-state index in [0.29, 0.717) is 18.1 Å². The Morgan fingerprint density at radius 1 is 1.04 bits per heavy atom. The third kappa shape index (κ3) is 4.29. The van der Waals surface area contributed by atoms with E-state index in [4.69, 9.17) is 11.6 Å². The van der Waals surface area contributed by atoms with E-state index in [9.17, 15) is 4.79 Å². The van der Waals surface area contributed by atoms with Crippen molar-refractivity contribution in [2.75, 3.05) is 31.1 Å². The molecule has 1 saturated heterocycles. The molecule has 0 bridgehead atoms. The molecule has 5 nitrogen and oxygen atoms in total. The van der Waals surface area contributed by atoms with Crippen molar-refractivity contribution in [2.24, 2.45) is 0 Å². The number of amides is 1. The zero-order valence-electron chi connectivity index (χ0n) is 15.0. The lowest BCUT2D eigenvalue weighted by Crippen LogP contribution is -2.49. The first kappa shape index (κ1) is 21.0. The van der Waals surface area contributed by atoms with Crippen molar-refractivity contribution in [3.8, 4) is 5.69 Å². The van der Waals surface area contributed by atoms with Crippen LogP contribution in [0.4, 0.5) is 5.95 Å². The van der Waals surface area contributed by atoms with Crippen LogP contribution in [0.1, 0.15) is 10.4 Å². The summed E-state index contributed by atoms with van der Waals surface area (Å²) in [5.41, 5.74) is 1.75. The maximum absolute atomic E-state index is 12.8. The zero-order chi connectivity index (χ0) is 18.8. The van der Waals surface area contributed by atoms with Crippen molar-refractivity contribution in [1.29, 1.82) is 0 Å². The number of halogens is 3. The molecule has 146 valence electrons. The van der Waals surface area contributed by atoms with E-state index in [1.807, 2.05) is 64.2 Å². The number of imidazole rings is 1. The van der Waals surface area contributed by atoms with E-state index in [0.717, 1.165) is 33.9 Å². The highest BCUT2D eigenvalue weighted by Crippen LogP contribution is 2.23. The van der Waals surface area contributed by atoms with E-state index in [1.54, 1.807) is 6.20 Å². The molecule has 1 aliphatic rings. The van der Waals surface area contributed by atoms with Gasteiger partial charge in [0.25, 0.3) is 5.91 Å². The third-order valence-corrected chi connectivity index (χ3v) is 5.84. The van der Waals surface area contributed by atoms with Crippen molar-refractivity contribution in [2.45, 2.75) is 0 Å². The standard InChI is InChI=1S/C20H18ClIN4O.ClH/c21-15-4-3-5-16(14-15)26-9-8-23-20(26)25-12-10-24(11-13-25)19(27)17-6-1-2-7-18(17)22;/h1-9,14H,10-13H2;1H. The molecule has 3 aromatic rings. The SMILES string of the molecule is Cl.O=C(c1ccccc1I)N1CCN(c2nccn2-c2cccc(Cl)c2)CC1. The molecule has 1 aromatic heterocycles. The Labute approximate surface area is 188 Å². The normalized spacial score (nSPS) is 13.9. The van der Waals surface area contributed by atoms with Crippen LogP contribution in [0, 0.1) is 3.57 Å². The minimum absolute atomic E-state index is 0. The summed E-state index contributed by atoms with van der Waals surface area (Å²) in [6.07, 6.45) is 3.73. The minimum Gasteiger partial charge on any atom is -0.338 e. The molecule has 1 aliphatic heterocycles. The van der Waals surface area contributed by atoms with Crippen LogP contribution in [-0.4, -0.2) is 46.5 Å². The first-order chi connectivity index (χ1) is 13.1. The van der Waals surface area contributed by atoms with Gasteiger partial charge in [-0.2, -0.15) is 0 Å². The molecule has 0 saturated carbocycles. The van der Waals surface area contributed by atoms with E-state index in [-0.39, 0.29) is 18.3 Å². The molecule has 0 unspecified atom stereocenters. The monoisotopic (exact) mass is 528 g/mol. The average molecular weight is 529 g/mol. The van der Waals surface area contributed by atoms with Gasteiger partial charge in [-0.05, 0) is 52.9 Å². The highest BCUT2D eigenvalue weighted by molar-refractivity contribution is 14.1. The van der Waals surface area contributed by atoms with Gasteiger partial charge in [0, 0.05) is 52.9 Å². The van der Waals surface area contributed by atoms with Crippen LogP contribution in [0.2, 0.25) is 5.02 Å². The van der Waals surface area contributed by atoms with Crippen molar-refractivity contribution >= 4 is 58.5 Å². The summed E-state index contributed by atoms with van der Waals surface area (Å²) in [7, 11) is 0. The van der Waals surface area contributed by atoms with Crippen LogP contribution < -0.4 is 4.90 Å². The number of carbonyl (C=O) groups is 1. The molecule has 0 radical (unpaired) electrons. The minimum atomic E-state index is 0. The predicted molar refractivity (Wildman–Crippen MR) is 123 cm³/mol. The lowest BCUT2D eigenvalue weighted by Gasteiger charge is -2.35. The van der Waals surface area contributed by atoms with Crippen molar-refractivity contribution in [1.82, 2.24) is 14.5 Å². The van der Waals surface area contributed by atoms with Crippen LogP contribution in [-0.2, 0) is 0 Å². The largest absolute Gasteiger partial charge is 0.338 e. The smallest absolute Gasteiger partial charge is 0.255 e. The van der Waals surface area contributed by atoms with Crippen LogP contribution in [0.5, 0.6) is 0 Å². The first-order valence-corrected chi connectivity index (χ1v) is 10.2. The first-order valence-electron chi connectivity index (χ1n) is 8.71. The Morgan fingerprint density at radius 2 is 1.79 bits per heavy atom. The number of anilines is 1. The predicted octanol–water partition coefficient (Wildman–Crippen LogP) is 4.51. The van der Waals surface area contributed by atoms with E-state index < -0.39 is 0 Å². The van der Waals surface area contributed by atoms with E-state index in [2.05, 4.69) is 32.5 Å². The summed E-state index contributed by atoms with van der Waals surface area (Å²) >= 11 is 8.35. The number of carbonyl (C=O) groups excluding carboxylic acids is 1. The van der Waals surface area contributed by atoms with Gasteiger partial charge in [0.05, 0.1) is 5.56 Å². The average Bonchev–Trinajstić information content (AvgIpc) is 3.18. The number of piperazine rings is 1. The Kier molecular flexibility index (Phi) is 6.85. The van der Waals surface area contributed by atoms with E-state index in [1.165, 1.54) is 0 Å².